The number of H-pyrrole nitrogens is 1. The molecule has 0 spiro atoms. The molecule has 4 rings (SSSR count). The van der Waals surface area contributed by atoms with Crippen LogP contribution in [0, 0.1) is 0 Å². The maximum atomic E-state index is 13.1. The first-order chi connectivity index (χ1) is 15.0. The Morgan fingerprint density at radius 3 is 2.58 bits per heavy atom. The Kier molecular flexibility index (Phi) is 7.36. The van der Waals surface area contributed by atoms with Crippen LogP contribution in [0.1, 0.15) is 19.8 Å². The van der Waals surface area contributed by atoms with E-state index in [1.165, 1.54) is 0 Å². The van der Waals surface area contributed by atoms with Crippen molar-refractivity contribution in [2.45, 2.75) is 35.6 Å². The highest BCUT2D eigenvalue weighted by Gasteiger charge is 2.27. The van der Waals surface area contributed by atoms with Crippen LogP contribution in [0.5, 0.6) is 0 Å². The summed E-state index contributed by atoms with van der Waals surface area (Å²) in [4.78, 5) is 4.37. The maximum absolute atomic E-state index is 13.1. The third-order valence-corrected chi connectivity index (χ3v) is 8.61. The molecule has 1 aliphatic heterocycles. The van der Waals surface area contributed by atoms with E-state index in [9.17, 15) is 8.42 Å². The van der Waals surface area contributed by atoms with Crippen molar-refractivity contribution in [3.05, 3.63) is 52.6 Å². The van der Waals surface area contributed by atoms with E-state index in [0.29, 0.717) is 36.4 Å². The molecular formula is C21H24Cl2N4O2S2. The van der Waals surface area contributed by atoms with Crippen molar-refractivity contribution in [3.63, 3.8) is 0 Å². The van der Waals surface area contributed by atoms with Gasteiger partial charge in [0, 0.05) is 37.3 Å². The van der Waals surface area contributed by atoms with E-state index in [4.69, 9.17) is 23.2 Å². The fourth-order valence-electron chi connectivity index (χ4n) is 3.77. The number of piperazine rings is 1. The minimum atomic E-state index is -1.50. The summed E-state index contributed by atoms with van der Waals surface area (Å²) in [5, 5.41) is 5.10. The molecule has 1 fully saturated rings. The van der Waals surface area contributed by atoms with E-state index in [1.54, 1.807) is 42.6 Å². The SMILES string of the molecule is CCCC1CNCCN1S(=O)c1ccc(S(=O)Nc2ccc(Cl)c3c(Cl)c[nH]c23)cc1. The number of rotatable bonds is 7. The van der Waals surface area contributed by atoms with Gasteiger partial charge in [-0.3, -0.25) is 4.72 Å². The largest absolute Gasteiger partial charge is 0.358 e. The summed E-state index contributed by atoms with van der Waals surface area (Å²) < 4.78 is 31.1. The van der Waals surface area contributed by atoms with Gasteiger partial charge in [-0.25, -0.2) is 12.7 Å². The van der Waals surface area contributed by atoms with Crippen molar-refractivity contribution in [2.75, 3.05) is 24.4 Å². The number of anilines is 1. The van der Waals surface area contributed by atoms with E-state index in [2.05, 4.69) is 26.3 Å². The molecular weight excluding hydrogens is 475 g/mol. The van der Waals surface area contributed by atoms with Crippen molar-refractivity contribution in [3.8, 4) is 0 Å². The summed E-state index contributed by atoms with van der Waals surface area (Å²) in [6, 6.07) is 10.8. The molecule has 2 heterocycles. The molecule has 0 amide bonds. The van der Waals surface area contributed by atoms with Crippen LogP contribution < -0.4 is 10.0 Å². The van der Waals surface area contributed by atoms with Crippen molar-refractivity contribution in [1.29, 1.82) is 0 Å². The maximum Gasteiger partial charge on any atom is 0.150 e. The van der Waals surface area contributed by atoms with Gasteiger partial charge in [0.2, 0.25) is 0 Å². The fraction of sp³-hybridized carbons (Fsp3) is 0.333. The van der Waals surface area contributed by atoms with E-state index in [0.717, 1.165) is 32.5 Å². The Bertz CT molecular complexity index is 1120. The van der Waals surface area contributed by atoms with Crippen LogP contribution in [0.15, 0.2) is 52.4 Å². The molecule has 2 aromatic carbocycles. The molecule has 0 saturated carbocycles. The number of aromatic nitrogens is 1. The molecule has 0 bridgehead atoms. The van der Waals surface area contributed by atoms with Gasteiger partial charge in [-0.15, -0.1) is 0 Å². The van der Waals surface area contributed by atoms with Crippen LogP contribution in [0.25, 0.3) is 10.9 Å². The zero-order chi connectivity index (χ0) is 22.0. The van der Waals surface area contributed by atoms with Crippen LogP contribution in [-0.2, 0) is 22.0 Å². The van der Waals surface area contributed by atoms with Crippen LogP contribution in [-0.4, -0.2) is 43.4 Å². The van der Waals surface area contributed by atoms with Gasteiger partial charge in [0.25, 0.3) is 0 Å². The first-order valence-electron chi connectivity index (χ1n) is 10.1. The summed E-state index contributed by atoms with van der Waals surface area (Å²) in [6.45, 7) is 4.57. The Balaban J connectivity index is 1.50. The van der Waals surface area contributed by atoms with Gasteiger partial charge >= 0.3 is 0 Å². The van der Waals surface area contributed by atoms with Gasteiger partial charge in [0.15, 0.2) is 0 Å². The number of nitrogens with one attached hydrogen (secondary N) is 3. The van der Waals surface area contributed by atoms with Gasteiger partial charge in [-0.1, -0.05) is 36.5 Å². The quantitative estimate of drug-likeness (QED) is 0.441. The summed E-state index contributed by atoms with van der Waals surface area (Å²) in [5.74, 6) is 0. The minimum Gasteiger partial charge on any atom is -0.358 e. The van der Waals surface area contributed by atoms with Crippen molar-refractivity contribution < 1.29 is 8.42 Å². The average molecular weight is 499 g/mol. The third kappa shape index (κ3) is 4.84. The highest BCUT2D eigenvalue weighted by molar-refractivity contribution is 7.86. The number of aromatic amines is 1. The van der Waals surface area contributed by atoms with Gasteiger partial charge in [-0.2, -0.15) is 0 Å². The molecule has 3 unspecified atom stereocenters. The zero-order valence-corrected chi connectivity index (χ0v) is 20.1. The molecule has 31 heavy (non-hydrogen) atoms. The van der Waals surface area contributed by atoms with E-state index in [1.807, 2.05) is 0 Å². The molecule has 6 nitrogen and oxygen atoms in total. The Labute approximate surface area is 196 Å². The number of hydrogen-bond acceptors (Lipinski definition) is 3. The predicted octanol–water partition coefficient (Wildman–Crippen LogP) is 4.71. The zero-order valence-electron chi connectivity index (χ0n) is 17.0. The molecule has 10 heteroatoms. The van der Waals surface area contributed by atoms with E-state index >= 15 is 0 Å². The number of hydrogen-bond donors (Lipinski definition) is 3. The second kappa shape index (κ2) is 10.0. The normalized spacial score (nSPS) is 19.4. The van der Waals surface area contributed by atoms with Crippen LogP contribution in [0.4, 0.5) is 5.69 Å². The van der Waals surface area contributed by atoms with Crippen molar-refractivity contribution in [1.82, 2.24) is 14.6 Å². The molecule has 3 N–H and O–H groups in total. The topological polar surface area (TPSA) is 77.2 Å². The Morgan fingerprint density at radius 2 is 1.84 bits per heavy atom. The lowest BCUT2D eigenvalue weighted by Gasteiger charge is -2.34. The highest BCUT2D eigenvalue weighted by Crippen LogP contribution is 2.35. The van der Waals surface area contributed by atoms with Gasteiger partial charge in [0.1, 0.15) is 22.0 Å². The Morgan fingerprint density at radius 1 is 1.10 bits per heavy atom. The lowest BCUT2D eigenvalue weighted by molar-refractivity contribution is 0.266. The number of nitrogens with zero attached hydrogens (tertiary/aromatic N) is 1. The van der Waals surface area contributed by atoms with Gasteiger partial charge < -0.3 is 10.3 Å². The summed E-state index contributed by atoms with van der Waals surface area (Å²) in [5.41, 5.74) is 1.34. The third-order valence-electron chi connectivity index (χ3n) is 5.31. The fourth-order valence-corrected chi connectivity index (χ4v) is 6.54. The molecule has 1 aliphatic rings. The van der Waals surface area contributed by atoms with Crippen molar-refractivity contribution in [2.24, 2.45) is 0 Å². The first-order valence-corrected chi connectivity index (χ1v) is 13.1. The summed E-state index contributed by atoms with van der Waals surface area (Å²) in [7, 11) is -2.74. The molecule has 166 valence electrons. The lowest BCUT2D eigenvalue weighted by Crippen LogP contribution is -2.51. The van der Waals surface area contributed by atoms with Gasteiger partial charge in [0.05, 0.1) is 31.0 Å². The van der Waals surface area contributed by atoms with E-state index < -0.39 is 22.0 Å². The second-order valence-electron chi connectivity index (χ2n) is 7.36. The average Bonchev–Trinajstić information content (AvgIpc) is 3.18. The Hall–Kier alpha value is -1.42. The molecule has 0 radical (unpaired) electrons. The minimum absolute atomic E-state index is 0.259. The molecule has 1 aromatic heterocycles. The first kappa shape index (κ1) is 22.8. The van der Waals surface area contributed by atoms with Crippen LogP contribution in [0.2, 0.25) is 10.0 Å². The summed E-state index contributed by atoms with van der Waals surface area (Å²) >= 11 is 12.4. The molecule has 1 saturated heterocycles. The number of fused-ring (bicyclic) bond motifs is 1. The molecule has 3 aromatic rings. The van der Waals surface area contributed by atoms with Gasteiger partial charge in [-0.05, 0) is 42.8 Å². The molecule has 3 atom stereocenters. The smallest absolute Gasteiger partial charge is 0.150 e. The summed E-state index contributed by atoms with van der Waals surface area (Å²) in [6.07, 6.45) is 3.70. The van der Waals surface area contributed by atoms with Crippen LogP contribution in [0.3, 0.4) is 0 Å². The van der Waals surface area contributed by atoms with Crippen molar-refractivity contribution >= 4 is 61.8 Å². The number of benzene rings is 2. The highest BCUT2D eigenvalue weighted by atomic mass is 35.5. The number of halogens is 2. The monoisotopic (exact) mass is 498 g/mol. The van der Waals surface area contributed by atoms with E-state index in [-0.39, 0.29) is 6.04 Å². The van der Waals surface area contributed by atoms with Crippen LogP contribution >= 0.6 is 23.2 Å². The standard InChI is InChI=1S/C21H24Cl2N4O2S2/c1-2-3-14-12-24-10-11-27(14)31(29)16-6-4-15(5-7-16)30(28)26-19-9-8-17(22)20-18(23)13-25-21(19)20/h4-9,13-14,24-26H,2-3,10-12H2,1H3. The predicted molar refractivity (Wildman–Crippen MR) is 129 cm³/mol. The molecule has 0 aliphatic carbocycles. The lowest BCUT2D eigenvalue weighted by atomic mass is 10.1. The second-order valence-corrected chi connectivity index (χ2v) is 10.8.